The van der Waals surface area contributed by atoms with E-state index in [0.717, 1.165) is 0 Å². The number of aliphatic hydroxyl groups is 1. The number of rotatable bonds is 4. The third-order valence-corrected chi connectivity index (χ3v) is 3.22. The van der Waals surface area contributed by atoms with E-state index in [1.807, 2.05) is 6.07 Å². The molecule has 20 heavy (non-hydrogen) atoms. The van der Waals surface area contributed by atoms with Crippen LogP contribution in [-0.2, 0) is 9.59 Å². The number of amides is 2. The van der Waals surface area contributed by atoms with Gasteiger partial charge in [-0.15, -0.1) is 0 Å². The van der Waals surface area contributed by atoms with Crippen LogP contribution in [0, 0.1) is 11.3 Å². The van der Waals surface area contributed by atoms with Crippen molar-refractivity contribution in [2.24, 2.45) is 0 Å². The van der Waals surface area contributed by atoms with Crippen LogP contribution in [0.5, 0.6) is 0 Å². The van der Waals surface area contributed by atoms with Gasteiger partial charge >= 0.3 is 0 Å². The van der Waals surface area contributed by atoms with Crippen molar-refractivity contribution in [2.45, 2.75) is 25.0 Å². The molecule has 0 bridgehead atoms. The second-order valence-corrected chi connectivity index (χ2v) is 4.66. The smallest absolute Gasteiger partial charge is 0.243 e. The maximum absolute atomic E-state index is 11.5. The molecule has 2 atom stereocenters. The Balaban J connectivity index is 1.88. The van der Waals surface area contributed by atoms with E-state index in [2.05, 4.69) is 10.6 Å². The predicted octanol–water partition coefficient (Wildman–Crippen LogP) is -0.0135. The van der Waals surface area contributed by atoms with Gasteiger partial charge in [0.1, 0.15) is 0 Å². The molecule has 3 N–H and O–H groups in total. The lowest BCUT2D eigenvalue weighted by molar-refractivity contribution is -0.134. The first-order valence-electron chi connectivity index (χ1n) is 6.35. The van der Waals surface area contributed by atoms with Gasteiger partial charge in [0.15, 0.2) is 0 Å². The van der Waals surface area contributed by atoms with Gasteiger partial charge in [0.2, 0.25) is 11.8 Å². The molecule has 104 valence electrons. The van der Waals surface area contributed by atoms with Crippen molar-refractivity contribution in [3.63, 3.8) is 0 Å². The summed E-state index contributed by atoms with van der Waals surface area (Å²) < 4.78 is 0. The molecular weight excluding hydrogens is 258 g/mol. The van der Waals surface area contributed by atoms with Crippen LogP contribution >= 0.6 is 0 Å². The van der Waals surface area contributed by atoms with Crippen LogP contribution < -0.4 is 10.6 Å². The van der Waals surface area contributed by atoms with Crippen LogP contribution in [0.2, 0.25) is 0 Å². The SMILES string of the molecule is N#Cc1ccc(C(O)CNC2CCC(=O)NC2=O)cc1. The zero-order valence-electron chi connectivity index (χ0n) is 10.8. The van der Waals surface area contributed by atoms with E-state index in [-0.39, 0.29) is 18.4 Å². The molecule has 6 heteroatoms. The highest BCUT2D eigenvalue weighted by atomic mass is 16.3. The predicted molar refractivity (Wildman–Crippen MR) is 70.3 cm³/mol. The van der Waals surface area contributed by atoms with Crippen molar-refractivity contribution < 1.29 is 14.7 Å². The lowest BCUT2D eigenvalue weighted by Crippen LogP contribution is -2.51. The lowest BCUT2D eigenvalue weighted by atomic mass is 10.0. The number of aliphatic hydroxyl groups excluding tert-OH is 1. The van der Waals surface area contributed by atoms with E-state index in [4.69, 9.17) is 5.26 Å². The molecule has 1 aromatic carbocycles. The Morgan fingerprint density at radius 2 is 2.10 bits per heavy atom. The number of piperidine rings is 1. The molecule has 0 saturated carbocycles. The van der Waals surface area contributed by atoms with Crippen LogP contribution in [0.1, 0.15) is 30.1 Å². The fourth-order valence-corrected chi connectivity index (χ4v) is 2.04. The molecule has 1 aromatic rings. The quantitative estimate of drug-likeness (QED) is 0.669. The molecule has 1 aliphatic rings. The van der Waals surface area contributed by atoms with Crippen LogP contribution in [0.15, 0.2) is 24.3 Å². The Bertz CT molecular complexity index is 548. The molecule has 2 rings (SSSR count). The summed E-state index contributed by atoms with van der Waals surface area (Å²) in [6.45, 7) is 0.207. The standard InChI is InChI=1S/C14H15N3O3/c15-7-9-1-3-10(4-2-9)12(18)8-16-11-5-6-13(19)17-14(11)20/h1-4,11-12,16,18H,5-6,8H2,(H,17,19,20). The monoisotopic (exact) mass is 273 g/mol. The molecule has 2 amide bonds. The number of nitrogens with zero attached hydrogens (tertiary/aromatic N) is 1. The minimum Gasteiger partial charge on any atom is -0.387 e. The zero-order valence-corrected chi connectivity index (χ0v) is 10.8. The lowest BCUT2D eigenvalue weighted by Gasteiger charge is -2.23. The minimum atomic E-state index is -0.770. The minimum absolute atomic E-state index is 0.207. The molecule has 1 heterocycles. The van der Waals surface area contributed by atoms with Crippen LogP contribution in [-0.4, -0.2) is 29.5 Å². The Kier molecular flexibility index (Phi) is 4.45. The molecule has 0 aliphatic carbocycles. The van der Waals surface area contributed by atoms with E-state index >= 15 is 0 Å². The summed E-state index contributed by atoms with van der Waals surface area (Å²) in [5, 5.41) is 23.9. The average Bonchev–Trinajstić information content (AvgIpc) is 2.46. The van der Waals surface area contributed by atoms with Gasteiger partial charge in [-0.2, -0.15) is 5.26 Å². The van der Waals surface area contributed by atoms with Gasteiger partial charge in [0, 0.05) is 13.0 Å². The van der Waals surface area contributed by atoms with Crippen LogP contribution in [0.25, 0.3) is 0 Å². The Morgan fingerprint density at radius 1 is 1.40 bits per heavy atom. The fraction of sp³-hybridized carbons (Fsp3) is 0.357. The Labute approximate surface area is 116 Å². The highest BCUT2D eigenvalue weighted by Gasteiger charge is 2.26. The third-order valence-electron chi connectivity index (χ3n) is 3.22. The molecule has 0 spiro atoms. The summed E-state index contributed by atoms with van der Waals surface area (Å²) in [5.74, 6) is -0.617. The third kappa shape index (κ3) is 3.41. The van der Waals surface area contributed by atoms with E-state index < -0.39 is 12.1 Å². The fourth-order valence-electron chi connectivity index (χ4n) is 2.04. The van der Waals surface area contributed by atoms with Crippen LogP contribution in [0.3, 0.4) is 0 Å². The molecule has 1 saturated heterocycles. The van der Waals surface area contributed by atoms with Gasteiger partial charge < -0.3 is 10.4 Å². The van der Waals surface area contributed by atoms with Crippen molar-refractivity contribution in [3.05, 3.63) is 35.4 Å². The van der Waals surface area contributed by atoms with Gasteiger partial charge in [-0.05, 0) is 24.1 Å². The molecule has 1 fully saturated rings. The summed E-state index contributed by atoms with van der Waals surface area (Å²) in [7, 11) is 0. The number of imide groups is 1. The van der Waals surface area contributed by atoms with Gasteiger partial charge in [0.25, 0.3) is 0 Å². The van der Waals surface area contributed by atoms with Crippen molar-refractivity contribution >= 4 is 11.8 Å². The topological polar surface area (TPSA) is 102 Å². The molecular formula is C14H15N3O3. The Hall–Kier alpha value is -2.23. The number of hydrogen-bond acceptors (Lipinski definition) is 5. The average molecular weight is 273 g/mol. The first-order valence-corrected chi connectivity index (χ1v) is 6.35. The van der Waals surface area contributed by atoms with Gasteiger partial charge in [-0.1, -0.05) is 12.1 Å². The van der Waals surface area contributed by atoms with E-state index in [0.29, 0.717) is 24.0 Å². The van der Waals surface area contributed by atoms with Gasteiger partial charge in [-0.25, -0.2) is 0 Å². The number of nitriles is 1. The van der Waals surface area contributed by atoms with E-state index in [9.17, 15) is 14.7 Å². The van der Waals surface area contributed by atoms with Gasteiger partial charge in [0.05, 0.1) is 23.8 Å². The maximum Gasteiger partial charge on any atom is 0.243 e. The summed E-state index contributed by atoms with van der Waals surface area (Å²) in [5.41, 5.74) is 1.20. The summed E-state index contributed by atoms with van der Waals surface area (Å²) in [4.78, 5) is 22.5. The van der Waals surface area contributed by atoms with Crippen molar-refractivity contribution in [1.82, 2.24) is 10.6 Å². The number of nitrogens with one attached hydrogen (secondary N) is 2. The highest BCUT2D eigenvalue weighted by molar-refractivity contribution is 6.00. The van der Waals surface area contributed by atoms with Crippen molar-refractivity contribution in [2.75, 3.05) is 6.54 Å². The Morgan fingerprint density at radius 3 is 2.70 bits per heavy atom. The van der Waals surface area contributed by atoms with Crippen molar-refractivity contribution in [1.29, 1.82) is 5.26 Å². The first-order chi connectivity index (χ1) is 9.60. The maximum atomic E-state index is 11.5. The summed E-state index contributed by atoms with van der Waals surface area (Å²) >= 11 is 0. The molecule has 0 radical (unpaired) electrons. The number of hydrogen-bond donors (Lipinski definition) is 3. The summed E-state index contributed by atoms with van der Waals surface area (Å²) in [6, 6.07) is 8.16. The number of carbonyl (C=O) groups excluding carboxylic acids is 2. The number of benzene rings is 1. The molecule has 1 aliphatic heterocycles. The normalized spacial score (nSPS) is 20.1. The first kappa shape index (κ1) is 14.2. The van der Waals surface area contributed by atoms with Gasteiger partial charge in [-0.3, -0.25) is 14.9 Å². The number of carbonyl (C=O) groups is 2. The van der Waals surface area contributed by atoms with E-state index in [1.54, 1.807) is 24.3 Å². The molecule has 0 aromatic heterocycles. The zero-order chi connectivity index (χ0) is 14.5. The second-order valence-electron chi connectivity index (χ2n) is 4.66. The largest absolute Gasteiger partial charge is 0.387 e. The van der Waals surface area contributed by atoms with Crippen molar-refractivity contribution in [3.8, 4) is 6.07 Å². The molecule has 6 nitrogen and oxygen atoms in total. The highest BCUT2D eigenvalue weighted by Crippen LogP contribution is 2.14. The summed E-state index contributed by atoms with van der Waals surface area (Å²) in [6.07, 6.45) is -0.0330. The molecule has 2 unspecified atom stereocenters. The second kappa shape index (κ2) is 6.28. The van der Waals surface area contributed by atoms with Crippen LogP contribution in [0.4, 0.5) is 0 Å². The van der Waals surface area contributed by atoms with E-state index in [1.165, 1.54) is 0 Å².